The molecule has 68 heavy (non-hydrogen) atoms. The van der Waals surface area contributed by atoms with E-state index in [9.17, 15) is 18.4 Å². The van der Waals surface area contributed by atoms with Gasteiger partial charge in [-0.2, -0.15) is 4.39 Å². The maximum Gasteiger partial charge on any atom is 0.231 e. The lowest BCUT2D eigenvalue weighted by molar-refractivity contribution is -0.120. The number of aromatic nitrogens is 10. The number of primary amides is 2. The van der Waals surface area contributed by atoms with Gasteiger partial charge in [-0.25, -0.2) is 54.2 Å². The highest BCUT2D eigenvalue weighted by Crippen LogP contribution is 2.36. The Bertz CT molecular complexity index is 2560. The van der Waals surface area contributed by atoms with Crippen LogP contribution >= 0.6 is 0 Å². The van der Waals surface area contributed by atoms with Crippen molar-refractivity contribution in [3.63, 3.8) is 0 Å². The first kappa shape index (κ1) is 45.7. The zero-order chi connectivity index (χ0) is 47.3. The summed E-state index contributed by atoms with van der Waals surface area (Å²) in [6.45, 7) is 11.3. The van der Waals surface area contributed by atoms with E-state index in [2.05, 4.69) is 63.4 Å². The van der Waals surface area contributed by atoms with Crippen LogP contribution in [0.1, 0.15) is 48.4 Å². The molecule has 2 atom stereocenters. The van der Waals surface area contributed by atoms with Crippen molar-refractivity contribution in [2.45, 2.75) is 38.8 Å². The lowest BCUT2D eigenvalue weighted by Crippen LogP contribution is -2.49. The Hall–Kier alpha value is -7.46. The number of fused-ring (bicyclic) bond motifs is 2. The van der Waals surface area contributed by atoms with Crippen molar-refractivity contribution in [2.75, 3.05) is 98.1 Å². The van der Waals surface area contributed by atoms with Gasteiger partial charge in [-0.3, -0.25) is 19.4 Å². The molecule has 4 aliphatic heterocycles. The van der Waals surface area contributed by atoms with Gasteiger partial charge >= 0.3 is 0 Å². The number of carbonyl (C=O) groups excluding carboxylic acids is 2. The van der Waals surface area contributed by atoms with Gasteiger partial charge in [0.05, 0.1) is 36.6 Å². The first-order chi connectivity index (χ1) is 32.9. The summed E-state index contributed by atoms with van der Waals surface area (Å²) in [4.78, 5) is 79.0. The molecule has 352 valence electrons. The third kappa shape index (κ3) is 10.4. The molecule has 0 aliphatic carbocycles. The second kappa shape index (κ2) is 20.2. The average Bonchev–Trinajstić information content (AvgIpc) is 3.34. The largest absolute Gasteiger partial charge is 0.369 e. The van der Waals surface area contributed by atoms with Gasteiger partial charge in [-0.1, -0.05) is 0 Å². The number of nitrogens with two attached hydrogens (primary N) is 2. The Kier molecular flexibility index (Phi) is 13.6. The molecule has 4 N–H and O–H groups in total. The van der Waals surface area contributed by atoms with Crippen molar-refractivity contribution in [1.29, 1.82) is 0 Å². The number of halogens is 2. The first-order valence-electron chi connectivity index (χ1n) is 22.6. The van der Waals surface area contributed by atoms with Gasteiger partial charge in [0, 0.05) is 157 Å². The molecule has 6 aromatic heterocycles. The maximum atomic E-state index is 14.6. The van der Waals surface area contributed by atoms with Crippen molar-refractivity contribution in [2.24, 2.45) is 11.5 Å². The predicted molar refractivity (Wildman–Crippen MR) is 249 cm³/mol. The molecule has 2 fully saturated rings. The molecule has 4 aliphatic rings. The summed E-state index contributed by atoms with van der Waals surface area (Å²) < 4.78 is 29.2. The molecule has 0 radical (unpaired) electrons. The summed E-state index contributed by atoms with van der Waals surface area (Å²) in [5.41, 5.74) is 15.3. The standard InChI is InChI=1S/2C23H26FN9O/c1-15-17-13-28-23(22-26-4-2-5-27-22)29-18(17)3-6-33(15)21-12-16(24)11-20(30-21)32-9-7-31(8-10-32)14-19(25)34;1-15-17-13-28-23(22-26-4-2-5-27-22)29-18(17)3-6-33(15)21-12-16(11-19(24)30-21)32-9-7-31(8-10-32)14-20(25)34/h2*2,4-5,11-13,15H,3,6-10,14H2,1H3,(H2,25,34). The number of carbonyl (C=O) groups is 2. The Morgan fingerprint density at radius 1 is 0.544 bits per heavy atom. The number of anilines is 4. The van der Waals surface area contributed by atoms with Gasteiger partial charge in [-0.15, -0.1) is 0 Å². The van der Waals surface area contributed by atoms with Gasteiger partial charge in [0.2, 0.25) is 17.8 Å². The molecule has 6 aromatic rings. The normalized spacial score (nSPS) is 18.6. The predicted octanol–water partition coefficient (Wildman–Crippen LogP) is 2.40. The Morgan fingerprint density at radius 3 is 1.49 bits per heavy atom. The van der Waals surface area contributed by atoms with Crippen molar-refractivity contribution in [3.05, 3.63) is 108 Å². The number of nitrogens with zero attached hydrogens (tertiary/aromatic N) is 16. The molecule has 10 heterocycles. The van der Waals surface area contributed by atoms with E-state index in [1.165, 1.54) is 18.2 Å². The molecule has 0 spiro atoms. The Labute approximate surface area is 391 Å². The zero-order valence-corrected chi connectivity index (χ0v) is 37.9. The number of hydrogen-bond acceptors (Lipinski definition) is 18. The summed E-state index contributed by atoms with van der Waals surface area (Å²) in [5, 5.41) is 0. The fraction of sp³-hybridized carbons (Fsp3) is 0.391. The third-order valence-corrected chi connectivity index (χ3v) is 12.7. The summed E-state index contributed by atoms with van der Waals surface area (Å²) in [6, 6.07) is 9.71. The van der Waals surface area contributed by atoms with E-state index in [4.69, 9.17) is 26.4 Å². The van der Waals surface area contributed by atoms with E-state index in [0.29, 0.717) is 119 Å². The van der Waals surface area contributed by atoms with Crippen molar-refractivity contribution in [1.82, 2.24) is 59.6 Å². The van der Waals surface area contributed by atoms with Crippen LogP contribution in [-0.4, -0.2) is 150 Å². The van der Waals surface area contributed by atoms with Crippen LogP contribution in [0.4, 0.5) is 31.9 Å². The minimum absolute atomic E-state index is 0.0657. The van der Waals surface area contributed by atoms with E-state index in [1.807, 2.05) is 33.2 Å². The van der Waals surface area contributed by atoms with Crippen LogP contribution < -0.4 is 31.1 Å². The van der Waals surface area contributed by atoms with E-state index >= 15 is 0 Å². The highest BCUT2D eigenvalue weighted by Gasteiger charge is 2.31. The second-order valence-corrected chi connectivity index (χ2v) is 17.0. The quantitative estimate of drug-likeness (QED) is 0.188. The Morgan fingerprint density at radius 2 is 1.00 bits per heavy atom. The minimum atomic E-state index is -0.516. The molecular weight excluding hydrogens is 875 g/mol. The second-order valence-electron chi connectivity index (χ2n) is 17.0. The van der Waals surface area contributed by atoms with Gasteiger partial charge in [0.15, 0.2) is 23.3 Å². The lowest BCUT2D eigenvalue weighted by atomic mass is 9.99. The number of hydrogen-bond donors (Lipinski definition) is 2. The third-order valence-electron chi connectivity index (χ3n) is 12.7. The molecule has 2 unspecified atom stereocenters. The van der Waals surface area contributed by atoms with Crippen LogP contribution in [0.2, 0.25) is 0 Å². The number of piperazine rings is 2. The molecule has 0 bridgehead atoms. The molecule has 2 amide bonds. The fourth-order valence-electron chi connectivity index (χ4n) is 9.12. The van der Waals surface area contributed by atoms with Crippen LogP contribution in [0, 0.1) is 11.8 Å². The van der Waals surface area contributed by atoms with Crippen LogP contribution in [0.5, 0.6) is 0 Å². The molecule has 22 heteroatoms. The fourth-order valence-corrected chi connectivity index (χ4v) is 9.12. The molecule has 10 rings (SSSR count). The van der Waals surface area contributed by atoms with Crippen LogP contribution in [0.15, 0.2) is 73.6 Å². The molecule has 2 saturated heterocycles. The Balaban J connectivity index is 0.000000170. The van der Waals surface area contributed by atoms with Gasteiger partial charge in [0.25, 0.3) is 0 Å². The number of rotatable bonds is 10. The van der Waals surface area contributed by atoms with E-state index in [0.717, 1.165) is 28.2 Å². The topological polar surface area (TPSA) is 235 Å². The summed E-state index contributed by atoms with van der Waals surface area (Å²) >= 11 is 0. The highest BCUT2D eigenvalue weighted by molar-refractivity contribution is 5.76. The maximum absolute atomic E-state index is 14.6. The van der Waals surface area contributed by atoms with Crippen molar-refractivity contribution < 1.29 is 18.4 Å². The SMILES string of the molecule is CC1c2cnc(-c3ncccn3)nc2CCN1c1cc(F)cc(N2CCN(CC(N)=O)CC2)n1.CC1c2cnc(-c3ncccn3)nc2CCN1c1cc(N2CCN(CC(N)=O)CC2)cc(F)n1. The van der Waals surface area contributed by atoms with Crippen LogP contribution in [-0.2, 0) is 22.4 Å². The van der Waals surface area contributed by atoms with Crippen LogP contribution in [0.25, 0.3) is 23.3 Å². The molecule has 0 saturated carbocycles. The first-order valence-corrected chi connectivity index (χ1v) is 22.6. The monoisotopic (exact) mass is 926 g/mol. The zero-order valence-electron chi connectivity index (χ0n) is 37.9. The summed E-state index contributed by atoms with van der Waals surface area (Å²) in [5.74, 6) is 2.24. The van der Waals surface area contributed by atoms with Crippen molar-refractivity contribution in [3.8, 4) is 23.3 Å². The summed E-state index contributed by atoms with van der Waals surface area (Å²) in [7, 11) is 0. The highest BCUT2D eigenvalue weighted by atomic mass is 19.1. The van der Waals surface area contributed by atoms with E-state index < -0.39 is 5.95 Å². The molecule has 20 nitrogen and oxygen atoms in total. The summed E-state index contributed by atoms with van der Waals surface area (Å²) in [6.07, 6.45) is 11.6. The van der Waals surface area contributed by atoms with E-state index in [-0.39, 0.29) is 42.8 Å². The van der Waals surface area contributed by atoms with Gasteiger partial charge < -0.3 is 31.1 Å². The molecular formula is C46H52F2N18O2. The number of pyridine rings is 2. The molecule has 0 aromatic carbocycles. The smallest absolute Gasteiger partial charge is 0.231 e. The lowest BCUT2D eigenvalue weighted by Gasteiger charge is -2.37. The average molecular weight is 927 g/mol. The minimum Gasteiger partial charge on any atom is -0.369 e. The van der Waals surface area contributed by atoms with Gasteiger partial charge in [0.1, 0.15) is 23.3 Å². The van der Waals surface area contributed by atoms with Gasteiger partial charge in [-0.05, 0) is 26.0 Å². The van der Waals surface area contributed by atoms with Crippen molar-refractivity contribution >= 4 is 35.0 Å². The van der Waals surface area contributed by atoms with E-state index in [1.54, 1.807) is 36.9 Å². The number of amides is 2. The van der Waals surface area contributed by atoms with Crippen LogP contribution in [0.3, 0.4) is 0 Å².